The monoisotopic (exact) mass is 176 g/mol. The maximum Gasteiger partial charge on any atom is 0.0248 e. The molecule has 0 nitrogen and oxygen atoms in total. The highest BCUT2D eigenvalue weighted by Gasteiger charge is 1.86. The molecule has 1 heteroatoms. The van der Waals surface area contributed by atoms with E-state index in [0.29, 0.717) is 0 Å². The van der Waals surface area contributed by atoms with Crippen molar-refractivity contribution in [3.63, 3.8) is 0 Å². The highest BCUT2D eigenvalue weighted by Crippen LogP contribution is 2.21. The van der Waals surface area contributed by atoms with Gasteiger partial charge in [-0.25, -0.2) is 0 Å². The summed E-state index contributed by atoms with van der Waals surface area (Å²) in [5.41, 5.74) is 5.61. The van der Waals surface area contributed by atoms with Crippen molar-refractivity contribution in [3.05, 3.63) is 35.4 Å². The van der Waals surface area contributed by atoms with Gasteiger partial charge in [0.25, 0.3) is 0 Å². The molecule has 0 saturated carbocycles. The van der Waals surface area contributed by atoms with E-state index in [4.69, 9.17) is 0 Å². The maximum atomic E-state index is 3.20. The van der Waals surface area contributed by atoms with Gasteiger partial charge < -0.3 is 0 Å². The molecule has 0 aliphatic heterocycles. The van der Waals surface area contributed by atoms with Gasteiger partial charge in [-0.2, -0.15) is 0 Å². The van der Waals surface area contributed by atoms with E-state index in [2.05, 4.69) is 56.1 Å². The predicted octanol–water partition coefficient (Wildman–Crippen LogP) is 3.05. The average Bonchev–Trinajstić information content (AvgIpc) is 2.03. The summed E-state index contributed by atoms with van der Waals surface area (Å²) in [7, 11) is -0.0929. The zero-order valence-electron chi connectivity index (χ0n) is 7.76. The molecule has 1 aromatic carbocycles. The van der Waals surface area contributed by atoms with E-state index in [1.165, 1.54) is 5.56 Å². The largest absolute Gasteiger partial charge is 0.0718 e. The first-order valence-corrected chi connectivity index (χ1v) is 6.18. The van der Waals surface area contributed by atoms with Gasteiger partial charge in [-0.15, -0.1) is 0 Å². The van der Waals surface area contributed by atoms with E-state index in [9.17, 15) is 0 Å². The Kier molecular flexibility index (Phi) is 3.32. The second-order valence-corrected chi connectivity index (χ2v) is 5.01. The standard InChI is InChI=1S/C11H13P/c1-10-4-6-11(7-5-10)8-9-12(2)3/h4-7H,1-3H3. The molecule has 0 saturated heterocycles. The molecule has 0 bridgehead atoms. The van der Waals surface area contributed by atoms with E-state index in [0.717, 1.165) is 5.56 Å². The lowest BCUT2D eigenvalue weighted by molar-refractivity contribution is 1.46. The zero-order chi connectivity index (χ0) is 8.97. The van der Waals surface area contributed by atoms with Crippen LogP contribution in [0.4, 0.5) is 0 Å². The third-order valence-electron chi connectivity index (χ3n) is 1.48. The van der Waals surface area contributed by atoms with Crippen LogP contribution < -0.4 is 0 Å². The summed E-state index contributed by atoms with van der Waals surface area (Å²) in [6.07, 6.45) is 0. The molecule has 1 aromatic rings. The summed E-state index contributed by atoms with van der Waals surface area (Å²) in [6.45, 7) is 6.41. The van der Waals surface area contributed by atoms with Crippen molar-refractivity contribution in [2.75, 3.05) is 13.3 Å². The molecule has 0 fully saturated rings. The summed E-state index contributed by atoms with van der Waals surface area (Å²) in [5, 5.41) is 0. The summed E-state index contributed by atoms with van der Waals surface area (Å²) < 4.78 is 0. The fourth-order valence-corrected chi connectivity index (χ4v) is 1.17. The van der Waals surface area contributed by atoms with E-state index < -0.39 is 0 Å². The van der Waals surface area contributed by atoms with Crippen LogP contribution >= 0.6 is 7.92 Å². The first-order valence-electron chi connectivity index (χ1n) is 3.94. The van der Waals surface area contributed by atoms with Crippen molar-refractivity contribution >= 4 is 7.92 Å². The maximum absolute atomic E-state index is 3.20. The second kappa shape index (κ2) is 4.29. The highest BCUT2D eigenvalue weighted by atomic mass is 31.1. The normalized spacial score (nSPS) is 9.33. The lowest BCUT2D eigenvalue weighted by atomic mass is 10.2. The smallest absolute Gasteiger partial charge is 0.0248 e. The van der Waals surface area contributed by atoms with Gasteiger partial charge in [0.1, 0.15) is 0 Å². The lowest BCUT2D eigenvalue weighted by Gasteiger charge is -1.92. The van der Waals surface area contributed by atoms with Crippen LogP contribution in [0.5, 0.6) is 0 Å². The van der Waals surface area contributed by atoms with Crippen LogP contribution in [0.3, 0.4) is 0 Å². The fraction of sp³-hybridized carbons (Fsp3) is 0.273. The van der Waals surface area contributed by atoms with E-state index >= 15 is 0 Å². The molecule has 0 aromatic heterocycles. The fourth-order valence-electron chi connectivity index (χ4n) is 0.813. The zero-order valence-corrected chi connectivity index (χ0v) is 8.65. The van der Waals surface area contributed by atoms with Gasteiger partial charge in [-0.05, 0) is 40.3 Å². The Morgan fingerprint density at radius 3 is 2.17 bits per heavy atom. The Bertz CT molecular complexity index is 298. The molecule has 12 heavy (non-hydrogen) atoms. The predicted molar refractivity (Wildman–Crippen MR) is 56.8 cm³/mol. The summed E-state index contributed by atoms with van der Waals surface area (Å²) in [5.74, 6) is 3.15. The number of aryl methyl sites for hydroxylation is 1. The van der Waals surface area contributed by atoms with Crippen molar-refractivity contribution < 1.29 is 0 Å². The molecule has 0 aliphatic carbocycles. The van der Waals surface area contributed by atoms with Crippen molar-refractivity contribution in [2.24, 2.45) is 0 Å². The average molecular weight is 176 g/mol. The number of hydrogen-bond donors (Lipinski definition) is 0. The highest BCUT2D eigenvalue weighted by molar-refractivity contribution is 7.61. The van der Waals surface area contributed by atoms with Gasteiger partial charge >= 0.3 is 0 Å². The van der Waals surface area contributed by atoms with Crippen LogP contribution in [-0.2, 0) is 0 Å². The minimum atomic E-state index is -0.0929. The Morgan fingerprint density at radius 1 is 1.08 bits per heavy atom. The first-order chi connectivity index (χ1) is 5.68. The minimum absolute atomic E-state index is 0.0929. The van der Waals surface area contributed by atoms with Gasteiger partial charge in [0.15, 0.2) is 0 Å². The molecule has 1 rings (SSSR count). The molecule has 0 radical (unpaired) electrons. The van der Waals surface area contributed by atoms with Crippen LogP contribution in [0.2, 0.25) is 0 Å². The summed E-state index contributed by atoms with van der Waals surface area (Å²) >= 11 is 0. The van der Waals surface area contributed by atoms with E-state index in [1.54, 1.807) is 0 Å². The number of hydrogen-bond acceptors (Lipinski definition) is 0. The van der Waals surface area contributed by atoms with Crippen molar-refractivity contribution in [1.29, 1.82) is 0 Å². The molecule has 0 heterocycles. The van der Waals surface area contributed by atoms with E-state index in [1.807, 2.05) is 0 Å². The molecule has 0 atom stereocenters. The SMILES string of the molecule is Cc1ccc(C#CP(C)C)cc1. The third-order valence-corrected chi connectivity index (χ3v) is 2.03. The molecule has 0 N–H and O–H groups in total. The van der Waals surface area contributed by atoms with Crippen molar-refractivity contribution in [2.45, 2.75) is 6.92 Å². The van der Waals surface area contributed by atoms with Gasteiger partial charge in [0.2, 0.25) is 0 Å². The number of benzene rings is 1. The molecular weight excluding hydrogens is 163 g/mol. The first kappa shape index (κ1) is 9.30. The lowest BCUT2D eigenvalue weighted by Crippen LogP contribution is -1.74. The van der Waals surface area contributed by atoms with Gasteiger partial charge in [-0.1, -0.05) is 29.3 Å². The Morgan fingerprint density at radius 2 is 1.67 bits per heavy atom. The summed E-state index contributed by atoms with van der Waals surface area (Å²) in [6, 6.07) is 8.33. The topological polar surface area (TPSA) is 0 Å². The van der Waals surface area contributed by atoms with Gasteiger partial charge in [0.05, 0.1) is 0 Å². The molecular formula is C11H13P. The minimum Gasteiger partial charge on any atom is -0.0718 e. The van der Waals surface area contributed by atoms with Crippen LogP contribution in [-0.4, -0.2) is 13.3 Å². The molecule has 0 spiro atoms. The van der Waals surface area contributed by atoms with Crippen molar-refractivity contribution in [1.82, 2.24) is 0 Å². The van der Waals surface area contributed by atoms with Gasteiger partial charge in [-0.3, -0.25) is 0 Å². The van der Waals surface area contributed by atoms with Crippen molar-refractivity contribution in [3.8, 4) is 11.6 Å². The molecule has 0 aliphatic rings. The Labute approximate surface area is 75.8 Å². The quantitative estimate of drug-likeness (QED) is 0.421. The Balaban J connectivity index is 2.79. The van der Waals surface area contributed by atoms with Crippen LogP contribution in [0.25, 0.3) is 0 Å². The summed E-state index contributed by atoms with van der Waals surface area (Å²) in [4.78, 5) is 0. The molecule has 0 unspecified atom stereocenters. The van der Waals surface area contributed by atoms with Crippen LogP contribution in [0.1, 0.15) is 11.1 Å². The second-order valence-electron chi connectivity index (χ2n) is 3.00. The number of rotatable bonds is 0. The third kappa shape index (κ3) is 3.07. The van der Waals surface area contributed by atoms with E-state index in [-0.39, 0.29) is 7.92 Å². The molecule has 62 valence electrons. The molecule has 0 amide bonds. The van der Waals surface area contributed by atoms with Crippen LogP contribution in [0.15, 0.2) is 24.3 Å². The Hall–Kier alpha value is -0.790. The van der Waals surface area contributed by atoms with Crippen LogP contribution in [0, 0.1) is 18.5 Å². The van der Waals surface area contributed by atoms with Gasteiger partial charge in [0, 0.05) is 5.56 Å².